The van der Waals surface area contributed by atoms with Crippen LogP contribution in [0.4, 0.5) is 32.0 Å². The topological polar surface area (TPSA) is 35.2 Å². The second-order valence-electron chi connectivity index (χ2n) is 3.58. The Bertz CT molecular complexity index is 410. The minimum Gasteiger partial charge on any atom is -0.398 e. The zero-order valence-electron chi connectivity index (χ0n) is 9.15. The van der Waals surface area contributed by atoms with Gasteiger partial charge in [0, 0.05) is 15.7 Å². The molecule has 0 saturated carbocycles. The summed E-state index contributed by atoms with van der Waals surface area (Å²) in [6, 6.07) is 4.28. The fourth-order valence-corrected chi connectivity index (χ4v) is 1.76. The van der Waals surface area contributed by atoms with Crippen molar-refractivity contribution in [3.05, 3.63) is 28.2 Å². The van der Waals surface area contributed by atoms with Crippen LogP contribution in [0.25, 0.3) is 0 Å². The summed E-state index contributed by atoms with van der Waals surface area (Å²) in [5, 5.41) is 0. The number of nitrogens with two attached hydrogens (primary N) is 1. The van der Waals surface area contributed by atoms with Gasteiger partial charge in [-0.15, -0.1) is 0 Å². The number of nitrogen functional groups attached to an aromatic ring is 1. The first-order valence-electron chi connectivity index (χ1n) is 4.81. The average molecular weight is 352 g/mol. The molecule has 0 amide bonds. The quantitative estimate of drug-likeness (QED) is 0.658. The fraction of sp³-hybridized carbons (Fsp3) is 0.400. The second-order valence-corrected chi connectivity index (χ2v) is 4.44. The van der Waals surface area contributed by atoms with Crippen molar-refractivity contribution in [2.45, 2.75) is 25.1 Å². The zero-order valence-corrected chi connectivity index (χ0v) is 10.7. The van der Waals surface area contributed by atoms with Gasteiger partial charge in [-0.2, -0.15) is 26.3 Å². The van der Waals surface area contributed by atoms with Crippen molar-refractivity contribution < 1.29 is 31.1 Å². The van der Waals surface area contributed by atoms with Crippen LogP contribution in [0.2, 0.25) is 0 Å². The van der Waals surface area contributed by atoms with Gasteiger partial charge in [-0.25, -0.2) is 0 Å². The van der Waals surface area contributed by atoms with Crippen molar-refractivity contribution in [3.63, 3.8) is 0 Å². The van der Waals surface area contributed by atoms with Gasteiger partial charge in [0.25, 0.3) is 0 Å². The summed E-state index contributed by atoms with van der Waals surface area (Å²) in [5.41, 5.74) is 5.52. The Morgan fingerprint density at radius 1 is 1.11 bits per heavy atom. The Morgan fingerprint density at radius 2 is 1.63 bits per heavy atom. The standard InChI is InChI=1S/C10H8BrF6NO/c11-6-2-1-3-7(18)5(6)4-19-8(9(12,13)14)10(15,16)17/h1-3,8H,4,18H2. The summed E-state index contributed by atoms with van der Waals surface area (Å²) in [6.07, 6.45) is -14.9. The van der Waals surface area contributed by atoms with E-state index in [1.165, 1.54) is 18.2 Å². The molecule has 2 nitrogen and oxygen atoms in total. The van der Waals surface area contributed by atoms with E-state index in [4.69, 9.17) is 5.73 Å². The molecule has 0 unspecified atom stereocenters. The first-order chi connectivity index (χ1) is 8.53. The molecule has 0 radical (unpaired) electrons. The summed E-state index contributed by atoms with van der Waals surface area (Å²) >= 11 is 2.98. The van der Waals surface area contributed by atoms with E-state index in [9.17, 15) is 26.3 Å². The van der Waals surface area contributed by atoms with Crippen LogP contribution in [0, 0.1) is 0 Å². The summed E-state index contributed by atoms with van der Waals surface area (Å²) in [6.45, 7) is -0.906. The van der Waals surface area contributed by atoms with E-state index in [2.05, 4.69) is 20.7 Å². The minimum atomic E-state index is -5.53. The van der Waals surface area contributed by atoms with E-state index in [-0.39, 0.29) is 15.7 Å². The fourth-order valence-electron chi connectivity index (χ4n) is 1.27. The van der Waals surface area contributed by atoms with E-state index in [1.807, 2.05) is 0 Å². The third-order valence-corrected chi connectivity index (χ3v) is 2.89. The SMILES string of the molecule is Nc1cccc(Br)c1COC(C(F)(F)F)C(F)(F)F. The van der Waals surface area contributed by atoms with Gasteiger partial charge in [0.15, 0.2) is 0 Å². The molecular formula is C10H8BrF6NO. The van der Waals surface area contributed by atoms with E-state index in [1.54, 1.807) is 0 Å². The van der Waals surface area contributed by atoms with Gasteiger partial charge in [-0.3, -0.25) is 0 Å². The molecule has 1 rings (SSSR count). The van der Waals surface area contributed by atoms with Gasteiger partial charge >= 0.3 is 12.4 Å². The second kappa shape index (κ2) is 5.58. The molecule has 2 N–H and O–H groups in total. The van der Waals surface area contributed by atoms with Gasteiger partial charge in [-0.05, 0) is 12.1 Å². The molecular weight excluding hydrogens is 344 g/mol. The molecule has 19 heavy (non-hydrogen) atoms. The molecule has 0 aliphatic rings. The van der Waals surface area contributed by atoms with Crippen LogP contribution in [-0.4, -0.2) is 18.5 Å². The molecule has 0 aliphatic carbocycles. The third kappa shape index (κ3) is 4.27. The number of ether oxygens (including phenoxy) is 1. The molecule has 1 aromatic rings. The predicted octanol–water partition coefficient (Wildman–Crippen LogP) is 4.04. The van der Waals surface area contributed by atoms with Gasteiger partial charge < -0.3 is 10.5 Å². The van der Waals surface area contributed by atoms with Gasteiger partial charge in [0.1, 0.15) is 0 Å². The first kappa shape index (κ1) is 16.1. The molecule has 1 aromatic carbocycles. The molecule has 108 valence electrons. The average Bonchev–Trinajstić information content (AvgIpc) is 2.18. The Hall–Kier alpha value is -0.960. The summed E-state index contributed by atoms with van der Waals surface area (Å²) in [5.74, 6) is 0. The number of hydrogen-bond donors (Lipinski definition) is 1. The van der Waals surface area contributed by atoms with Crippen molar-refractivity contribution in [1.29, 1.82) is 0 Å². The lowest BCUT2D eigenvalue weighted by Gasteiger charge is -2.23. The van der Waals surface area contributed by atoms with Gasteiger partial charge in [-0.1, -0.05) is 22.0 Å². The van der Waals surface area contributed by atoms with E-state index >= 15 is 0 Å². The maximum atomic E-state index is 12.2. The lowest BCUT2D eigenvalue weighted by atomic mass is 10.2. The molecule has 9 heteroatoms. The van der Waals surface area contributed by atoms with Crippen LogP contribution in [0.1, 0.15) is 5.56 Å². The van der Waals surface area contributed by atoms with Crippen LogP contribution in [0.5, 0.6) is 0 Å². The highest BCUT2D eigenvalue weighted by Crippen LogP contribution is 2.37. The van der Waals surface area contributed by atoms with Crippen molar-refractivity contribution >= 4 is 21.6 Å². The van der Waals surface area contributed by atoms with Crippen LogP contribution in [0.3, 0.4) is 0 Å². The Labute approximate surface area is 112 Å². The Balaban J connectivity index is 2.89. The van der Waals surface area contributed by atoms with Crippen LogP contribution in [-0.2, 0) is 11.3 Å². The normalized spacial score (nSPS) is 13.1. The van der Waals surface area contributed by atoms with E-state index in [0.717, 1.165) is 0 Å². The Kier molecular flexibility index (Phi) is 4.72. The molecule has 0 saturated heterocycles. The van der Waals surface area contributed by atoms with Gasteiger partial charge in [0.2, 0.25) is 6.10 Å². The number of halogens is 7. The third-order valence-electron chi connectivity index (χ3n) is 2.14. The van der Waals surface area contributed by atoms with Crippen molar-refractivity contribution in [3.8, 4) is 0 Å². The van der Waals surface area contributed by atoms with Crippen LogP contribution < -0.4 is 5.73 Å². The van der Waals surface area contributed by atoms with Crippen molar-refractivity contribution in [1.82, 2.24) is 0 Å². The lowest BCUT2D eigenvalue weighted by molar-refractivity contribution is -0.324. The van der Waals surface area contributed by atoms with Crippen molar-refractivity contribution in [2.75, 3.05) is 5.73 Å². The highest BCUT2D eigenvalue weighted by atomic mass is 79.9. The summed E-state index contributed by atoms with van der Waals surface area (Å²) < 4.78 is 77.6. The number of anilines is 1. The monoisotopic (exact) mass is 351 g/mol. The van der Waals surface area contributed by atoms with E-state index < -0.39 is 25.1 Å². The summed E-state index contributed by atoms with van der Waals surface area (Å²) in [4.78, 5) is 0. The molecule has 0 aromatic heterocycles. The molecule has 0 fully saturated rings. The highest BCUT2D eigenvalue weighted by molar-refractivity contribution is 9.10. The van der Waals surface area contributed by atoms with Crippen LogP contribution >= 0.6 is 15.9 Å². The lowest BCUT2D eigenvalue weighted by Crippen LogP contribution is -2.44. The molecule has 0 bridgehead atoms. The van der Waals surface area contributed by atoms with Gasteiger partial charge in [0.05, 0.1) is 6.61 Å². The number of hydrogen-bond acceptors (Lipinski definition) is 2. The molecule has 0 heterocycles. The smallest absolute Gasteiger partial charge is 0.398 e. The zero-order chi connectivity index (χ0) is 14.8. The first-order valence-corrected chi connectivity index (χ1v) is 5.60. The largest absolute Gasteiger partial charge is 0.423 e. The molecule has 0 aliphatic heterocycles. The molecule has 0 atom stereocenters. The predicted molar refractivity (Wildman–Crippen MR) is 59.2 cm³/mol. The minimum absolute atomic E-state index is 0.0287. The number of alkyl halides is 6. The van der Waals surface area contributed by atoms with Crippen LogP contribution in [0.15, 0.2) is 22.7 Å². The van der Waals surface area contributed by atoms with Crippen molar-refractivity contribution in [2.24, 2.45) is 0 Å². The Morgan fingerprint density at radius 3 is 2.05 bits per heavy atom. The number of rotatable bonds is 3. The maximum absolute atomic E-state index is 12.2. The van der Waals surface area contributed by atoms with E-state index in [0.29, 0.717) is 0 Å². The molecule has 0 spiro atoms. The summed E-state index contributed by atoms with van der Waals surface area (Å²) in [7, 11) is 0. The number of benzene rings is 1. The maximum Gasteiger partial charge on any atom is 0.423 e. The highest BCUT2D eigenvalue weighted by Gasteiger charge is 2.58.